The first-order valence-electron chi connectivity index (χ1n) is 4.86. The maximum absolute atomic E-state index is 11.3. The fourth-order valence-corrected chi connectivity index (χ4v) is 1.87. The zero-order valence-corrected chi connectivity index (χ0v) is 9.65. The Kier molecular flexibility index (Phi) is 4.20. The molecule has 0 atom stereocenters. The second-order valence-electron chi connectivity index (χ2n) is 3.19. The standard InChI is InChI=1S/C10H16N2OS/c1-4-7(5-2)8-6-9(13)12-10(11-8)14-3/h6-7H,4-5H2,1-3H3,(H,11,12,13). The minimum Gasteiger partial charge on any atom is -0.301 e. The van der Waals surface area contributed by atoms with Gasteiger partial charge in [-0.1, -0.05) is 25.6 Å². The molecule has 0 amide bonds. The van der Waals surface area contributed by atoms with Gasteiger partial charge in [-0.3, -0.25) is 4.79 Å². The number of aromatic nitrogens is 2. The first-order valence-corrected chi connectivity index (χ1v) is 6.09. The van der Waals surface area contributed by atoms with Crippen LogP contribution >= 0.6 is 11.8 Å². The van der Waals surface area contributed by atoms with Gasteiger partial charge in [0.25, 0.3) is 5.56 Å². The van der Waals surface area contributed by atoms with E-state index in [0.29, 0.717) is 11.1 Å². The number of aromatic amines is 1. The van der Waals surface area contributed by atoms with Gasteiger partial charge in [0.05, 0.1) is 5.69 Å². The van der Waals surface area contributed by atoms with Crippen LogP contribution < -0.4 is 5.56 Å². The molecule has 14 heavy (non-hydrogen) atoms. The molecule has 0 aliphatic carbocycles. The van der Waals surface area contributed by atoms with Crippen molar-refractivity contribution in [3.05, 3.63) is 22.1 Å². The highest BCUT2D eigenvalue weighted by Gasteiger charge is 2.10. The first-order chi connectivity index (χ1) is 6.71. The van der Waals surface area contributed by atoms with Crippen LogP contribution in [0.2, 0.25) is 0 Å². The lowest BCUT2D eigenvalue weighted by Crippen LogP contribution is -2.12. The van der Waals surface area contributed by atoms with Crippen LogP contribution in [0.25, 0.3) is 0 Å². The fourth-order valence-electron chi connectivity index (χ4n) is 1.47. The normalized spacial score (nSPS) is 10.9. The highest BCUT2D eigenvalue weighted by molar-refractivity contribution is 7.98. The molecular formula is C10H16N2OS. The van der Waals surface area contributed by atoms with Crippen molar-refractivity contribution in [3.63, 3.8) is 0 Å². The summed E-state index contributed by atoms with van der Waals surface area (Å²) in [4.78, 5) is 18.4. The van der Waals surface area contributed by atoms with Crippen LogP contribution in [0.5, 0.6) is 0 Å². The lowest BCUT2D eigenvalue weighted by Gasteiger charge is -2.11. The Balaban J connectivity index is 3.07. The SMILES string of the molecule is CCC(CC)c1cc(=O)[nH]c(SC)n1. The Bertz CT molecular complexity index is 344. The summed E-state index contributed by atoms with van der Waals surface area (Å²) in [6.45, 7) is 4.24. The van der Waals surface area contributed by atoms with Crippen molar-refractivity contribution in [1.82, 2.24) is 9.97 Å². The Hall–Kier alpha value is -0.770. The molecule has 78 valence electrons. The molecule has 0 aliphatic rings. The molecule has 1 rings (SSSR count). The third kappa shape index (κ3) is 2.61. The number of rotatable bonds is 4. The molecule has 0 radical (unpaired) electrons. The average molecular weight is 212 g/mol. The molecule has 0 bridgehead atoms. The molecule has 0 aromatic carbocycles. The number of nitrogens with zero attached hydrogens (tertiary/aromatic N) is 1. The van der Waals surface area contributed by atoms with Crippen LogP contribution in [0.15, 0.2) is 16.0 Å². The van der Waals surface area contributed by atoms with Gasteiger partial charge in [-0.05, 0) is 19.1 Å². The van der Waals surface area contributed by atoms with E-state index in [4.69, 9.17) is 0 Å². The molecular weight excluding hydrogens is 196 g/mol. The lowest BCUT2D eigenvalue weighted by molar-refractivity contribution is 0.610. The van der Waals surface area contributed by atoms with Gasteiger partial charge >= 0.3 is 0 Å². The summed E-state index contributed by atoms with van der Waals surface area (Å²) < 4.78 is 0. The number of H-pyrrole nitrogens is 1. The van der Waals surface area contributed by atoms with Gasteiger partial charge in [0.15, 0.2) is 5.16 Å². The van der Waals surface area contributed by atoms with E-state index in [1.165, 1.54) is 11.8 Å². The zero-order valence-electron chi connectivity index (χ0n) is 8.83. The van der Waals surface area contributed by atoms with Gasteiger partial charge < -0.3 is 4.98 Å². The summed E-state index contributed by atoms with van der Waals surface area (Å²) in [5.41, 5.74) is 0.870. The van der Waals surface area contributed by atoms with Gasteiger partial charge in [-0.25, -0.2) is 4.98 Å². The van der Waals surface area contributed by atoms with Gasteiger partial charge in [0.1, 0.15) is 0 Å². The number of hydrogen-bond donors (Lipinski definition) is 1. The van der Waals surface area contributed by atoms with Crippen LogP contribution in [0, 0.1) is 0 Å². The molecule has 1 heterocycles. The maximum Gasteiger partial charge on any atom is 0.251 e. The van der Waals surface area contributed by atoms with Gasteiger partial charge in [0.2, 0.25) is 0 Å². The minimum absolute atomic E-state index is 0.0498. The van der Waals surface area contributed by atoms with Crippen molar-refractivity contribution in [3.8, 4) is 0 Å². The van der Waals surface area contributed by atoms with E-state index in [1.54, 1.807) is 6.07 Å². The van der Waals surface area contributed by atoms with Crippen LogP contribution in [-0.2, 0) is 0 Å². The molecule has 0 saturated heterocycles. The summed E-state index contributed by atoms with van der Waals surface area (Å²) in [5.74, 6) is 0.406. The van der Waals surface area contributed by atoms with E-state index in [1.807, 2.05) is 6.26 Å². The molecule has 0 fully saturated rings. The highest BCUT2D eigenvalue weighted by Crippen LogP contribution is 2.20. The molecule has 1 aromatic rings. The Morgan fingerprint density at radius 2 is 2.14 bits per heavy atom. The van der Waals surface area contributed by atoms with Gasteiger partial charge in [-0.15, -0.1) is 0 Å². The second kappa shape index (κ2) is 5.20. The Labute approximate surface area is 88.3 Å². The molecule has 0 aliphatic heterocycles. The first kappa shape index (κ1) is 11.3. The third-order valence-corrected chi connectivity index (χ3v) is 2.92. The summed E-state index contributed by atoms with van der Waals surface area (Å²) in [6, 6.07) is 1.61. The largest absolute Gasteiger partial charge is 0.301 e. The molecule has 1 aromatic heterocycles. The summed E-state index contributed by atoms with van der Waals surface area (Å²) in [7, 11) is 0. The van der Waals surface area contributed by atoms with E-state index in [0.717, 1.165) is 18.5 Å². The van der Waals surface area contributed by atoms with E-state index in [9.17, 15) is 4.79 Å². The summed E-state index contributed by atoms with van der Waals surface area (Å²) in [5, 5.41) is 0.708. The van der Waals surface area contributed by atoms with E-state index >= 15 is 0 Å². The van der Waals surface area contributed by atoms with Crippen molar-refractivity contribution in [2.75, 3.05) is 6.26 Å². The van der Waals surface area contributed by atoms with Crippen molar-refractivity contribution in [1.29, 1.82) is 0 Å². The smallest absolute Gasteiger partial charge is 0.251 e. The predicted molar refractivity (Wildman–Crippen MR) is 60.0 cm³/mol. The minimum atomic E-state index is -0.0498. The molecule has 1 N–H and O–H groups in total. The summed E-state index contributed by atoms with van der Waals surface area (Å²) >= 11 is 1.47. The second-order valence-corrected chi connectivity index (χ2v) is 3.99. The van der Waals surface area contributed by atoms with Crippen LogP contribution in [0.3, 0.4) is 0 Å². The van der Waals surface area contributed by atoms with E-state index < -0.39 is 0 Å². The molecule has 0 spiro atoms. The van der Waals surface area contributed by atoms with Gasteiger partial charge in [-0.2, -0.15) is 0 Å². The fraction of sp³-hybridized carbons (Fsp3) is 0.600. The summed E-state index contributed by atoms with van der Waals surface area (Å²) in [6.07, 6.45) is 3.97. The van der Waals surface area contributed by atoms with Crippen molar-refractivity contribution >= 4 is 11.8 Å². The quantitative estimate of drug-likeness (QED) is 0.615. The predicted octanol–water partition coefficient (Wildman–Crippen LogP) is 2.40. The van der Waals surface area contributed by atoms with Crippen LogP contribution in [0.1, 0.15) is 38.3 Å². The highest BCUT2D eigenvalue weighted by atomic mass is 32.2. The zero-order chi connectivity index (χ0) is 10.6. The molecule has 4 heteroatoms. The van der Waals surface area contributed by atoms with Crippen molar-refractivity contribution < 1.29 is 0 Å². The number of thioether (sulfide) groups is 1. The van der Waals surface area contributed by atoms with Crippen molar-refractivity contribution in [2.45, 2.75) is 37.8 Å². The molecule has 0 unspecified atom stereocenters. The average Bonchev–Trinajstić information content (AvgIpc) is 2.19. The lowest BCUT2D eigenvalue weighted by atomic mass is 9.99. The number of nitrogens with one attached hydrogen (secondary N) is 1. The van der Waals surface area contributed by atoms with Gasteiger partial charge in [0, 0.05) is 12.0 Å². The van der Waals surface area contributed by atoms with Crippen LogP contribution in [-0.4, -0.2) is 16.2 Å². The topological polar surface area (TPSA) is 45.8 Å². The number of hydrogen-bond acceptors (Lipinski definition) is 3. The molecule has 0 saturated carbocycles. The monoisotopic (exact) mass is 212 g/mol. The van der Waals surface area contributed by atoms with Crippen molar-refractivity contribution in [2.24, 2.45) is 0 Å². The third-order valence-electron chi connectivity index (χ3n) is 2.34. The maximum atomic E-state index is 11.3. The molecule has 3 nitrogen and oxygen atoms in total. The van der Waals surface area contributed by atoms with E-state index in [2.05, 4.69) is 23.8 Å². The van der Waals surface area contributed by atoms with Crippen LogP contribution in [0.4, 0.5) is 0 Å². The Morgan fingerprint density at radius 3 is 2.64 bits per heavy atom. The van der Waals surface area contributed by atoms with E-state index in [-0.39, 0.29) is 5.56 Å². The Morgan fingerprint density at radius 1 is 1.50 bits per heavy atom.